The van der Waals surface area contributed by atoms with Crippen molar-refractivity contribution in [2.75, 3.05) is 13.2 Å². The number of halogens is 2. The lowest BCUT2D eigenvalue weighted by molar-refractivity contribution is 0.245. The second-order valence-electron chi connectivity index (χ2n) is 8.84. The van der Waals surface area contributed by atoms with Crippen LogP contribution in [0.5, 0.6) is 11.5 Å². The fraction of sp³-hybridized carbons (Fsp3) is 0.478. The summed E-state index contributed by atoms with van der Waals surface area (Å²) in [5, 5.41) is 0. The zero-order valence-corrected chi connectivity index (χ0v) is 20.3. The Morgan fingerprint density at radius 1 is 0.667 bits per heavy atom. The first-order valence-electron chi connectivity index (χ1n) is 9.34. The van der Waals surface area contributed by atoms with Crippen molar-refractivity contribution < 1.29 is 9.47 Å². The quantitative estimate of drug-likeness (QED) is 0.381. The highest BCUT2D eigenvalue weighted by Crippen LogP contribution is 2.33. The summed E-state index contributed by atoms with van der Waals surface area (Å²) in [4.78, 5) is 0. The van der Waals surface area contributed by atoms with Crippen molar-refractivity contribution in [2.45, 2.75) is 58.8 Å². The van der Waals surface area contributed by atoms with Gasteiger partial charge in [0.1, 0.15) is 11.5 Å². The van der Waals surface area contributed by atoms with Gasteiger partial charge in [0.25, 0.3) is 0 Å². The second kappa shape index (κ2) is 9.00. The van der Waals surface area contributed by atoms with Gasteiger partial charge in [-0.05, 0) is 78.1 Å². The van der Waals surface area contributed by atoms with Gasteiger partial charge in [0.05, 0.1) is 22.2 Å². The van der Waals surface area contributed by atoms with Crippen molar-refractivity contribution >= 4 is 31.9 Å². The van der Waals surface area contributed by atoms with E-state index >= 15 is 0 Å². The zero-order valence-electron chi connectivity index (χ0n) is 17.2. The molecule has 0 aromatic heterocycles. The van der Waals surface area contributed by atoms with E-state index < -0.39 is 0 Å². The maximum atomic E-state index is 5.98. The standard InChI is InChI=1S/C23H30Br2O2/c1-22(2,3)16-8-10-18(24)20(14-16)26-12-7-13-27-21-15-17(23(4,5)6)9-11-19(21)25/h8-11,14-15H,7,12-13H2,1-6H3. The lowest BCUT2D eigenvalue weighted by Crippen LogP contribution is -2.12. The van der Waals surface area contributed by atoms with Crippen LogP contribution >= 0.6 is 31.9 Å². The molecule has 0 atom stereocenters. The minimum Gasteiger partial charge on any atom is -0.492 e. The van der Waals surface area contributed by atoms with E-state index in [9.17, 15) is 0 Å². The number of benzene rings is 2. The van der Waals surface area contributed by atoms with Crippen molar-refractivity contribution in [2.24, 2.45) is 0 Å². The molecule has 0 saturated carbocycles. The predicted molar refractivity (Wildman–Crippen MR) is 121 cm³/mol. The molecule has 4 heteroatoms. The van der Waals surface area contributed by atoms with E-state index in [1.165, 1.54) is 11.1 Å². The van der Waals surface area contributed by atoms with Gasteiger partial charge in [0.2, 0.25) is 0 Å². The van der Waals surface area contributed by atoms with E-state index in [0.717, 1.165) is 26.9 Å². The van der Waals surface area contributed by atoms with Gasteiger partial charge in [0, 0.05) is 6.42 Å². The molecule has 148 valence electrons. The number of ether oxygens (including phenoxy) is 2. The summed E-state index contributed by atoms with van der Waals surface area (Å²) in [5.74, 6) is 1.77. The molecule has 0 fully saturated rings. The molecule has 2 nitrogen and oxygen atoms in total. The van der Waals surface area contributed by atoms with E-state index in [1.807, 2.05) is 0 Å². The van der Waals surface area contributed by atoms with Crippen molar-refractivity contribution in [3.05, 3.63) is 56.5 Å². The molecule has 0 spiro atoms. The van der Waals surface area contributed by atoms with Crippen LogP contribution in [0.3, 0.4) is 0 Å². The fourth-order valence-electron chi connectivity index (χ4n) is 2.58. The van der Waals surface area contributed by atoms with Gasteiger partial charge in [-0.25, -0.2) is 0 Å². The largest absolute Gasteiger partial charge is 0.492 e. The molecule has 0 amide bonds. The third-order valence-corrected chi connectivity index (χ3v) is 5.71. The highest BCUT2D eigenvalue weighted by atomic mass is 79.9. The molecule has 0 aliphatic rings. The molecule has 0 aliphatic carbocycles. The molecule has 0 unspecified atom stereocenters. The Balaban J connectivity index is 1.90. The molecule has 27 heavy (non-hydrogen) atoms. The fourth-order valence-corrected chi connectivity index (χ4v) is 3.31. The summed E-state index contributed by atoms with van der Waals surface area (Å²) in [6.07, 6.45) is 0.818. The molecule has 0 heterocycles. The smallest absolute Gasteiger partial charge is 0.133 e. The first kappa shape index (κ1) is 22.3. The molecule has 0 saturated heterocycles. The van der Waals surface area contributed by atoms with Gasteiger partial charge in [-0.2, -0.15) is 0 Å². The van der Waals surface area contributed by atoms with E-state index in [4.69, 9.17) is 9.47 Å². The highest BCUT2D eigenvalue weighted by Gasteiger charge is 2.16. The topological polar surface area (TPSA) is 18.5 Å². The maximum absolute atomic E-state index is 5.98. The minimum atomic E-state index is 0.103. The Hall–Kier alpha value is -1.00. The van der Waals surface area contributed by atoms with Crippen LogP contribution in [0.25, 0.3) is 0 Å². The summed E-state index contributed by atoms with van der Waals surface area (Å²) < 4.78 is 13.9. The molecule has 2 aromatic carbocycles. The lowest BCUT2D eigenvalue weighted by Gasteiger charge is -2.21. The molecule has 0 aliphatic heterocycles. The SMILES string of the molecule is CC(C)(C)c1ccc(Br)c(OCCCOc2cc(C(C)(C)C)ccc2Br)c1. The highest BCUT2D eigenvalue weighted by molar-refractivity contribution is 9.10. The van der Waals surface area contributed by atoms with Gasteiger partial charge in [0.15, 0.2) is 0 Å². The minimum absolute atomic E-state index is 0.103. The van der Waals surface area contributed by atoms with Crippen molar-refractivity contribution in [3.8, 4) is 11.5 Å². The van der Waals surface area contributed by atoms with Crippen LogP contribution in [0, 0.1) is 0 Å². The van der Waals surface area contributed by atoms with Gasteiger partial charge in [-0.1, -0.05) is 53.7 Å². The second-order valence-corrected chi connectivity index (χ2v) is 10.5. The van der Waals surface area contributed by atoms with Crippen molar-refractivity contribution in [1.29, 1.82) is 0 Å². The Kier molecular flexibility index (Phi) is 7.43. The van der Waals surface area contributed by atoms with E-state index in [1.54, 1.807) is 0 Å². The summed E-state index contributed by atoms with van der Waals surface area (Å²) in [5.41, 5.74) is 2.73. The van der Waals surface area contributed by atoms with E-state index in [2.05, 4.69) is 110 Å². The van der Waals surface area contributed by atoms with Gasteiger partial charge < -0.3 is 9.47 Å². The normalized spacial score (nSPS) is 12.1. The Labute approximate surface area is 180 Å². The van der Waals surface area contributed by atoms with E-state index in [-0.39, 0.29) is 10.8 Å². The molecule has 0 bridgehead atoms. The third kappa shape index (κ3) is 6.53. The van der Waals surface area contributed by atoms with Gasteiger partial charge >= 0.3 is 0 Å². The molecular weight excluding hydrogens is 468 g/mol. The Morgan fingerprint density at radius 3 is 1.37 bits per heavy atom. The number of hydrogen-bond acceptors (Lipinski definition) is 2. The van der Waals surface area contributed by atoms with Crippen LogP contribution in [0.1, 0.15) is 59.1 Å². The Bertz CT molecular complexity index is 705. The maximum Gasteiger partial charge on any atom is 0.133 e. The lowest BCUT2D eigenvalue weighted by atomic mass is 9.87. The van der Waals surface area contributed by atoms with Crippen LogP contribution in [0.15, 0.2) is 45.3 Å². The zero-order chi connectivity index (χ0) is 20.2. The molecule has 2 rings (SSSR count). The molecule has 2 aromatic rings. The summed E-state index contributed by atoms with van der Waals surface area (Å²) >= 11 is 7.15. The average molecular weight is 498 g/mol. The summed E-state index contributed by atoms with van der Waals surface area (Å²) in [7, 11) is 0. The van der Waals surface area contributed by atoms with Crippen molar-refractivity contribution in [1.82, 2.24) is 0 Å². The Morgan fingerprint density at radius 2 is 1.04 bits per heavy atom. The third-order valence-electron chi connectivity index (χ3n) is 4.40. The molecular formula is C23H30Br2O2. The van der Waals surface area contributed by atoms with Gasteiger partial charge in [-0.3, -0.25) is 0 Å². The van der Waals surface area contributed by atoms with Crippen LogP contribution in [0.4, 0.5) is 0 Å². The summed E-state index contributed by atoms with van der Waals surface area (Å²) in [6, 6.07) is 12.6. The number of rotatable bonds is 6. The molecule has 0 radical (unpaired) electrons. The summed E-state index contributed by atoms with van der Waals surface area (Å²) in [6.45, 7) is 14.5. The predicted octanol–water partition coefficient (Wildman–Crippen LogP) is 7.65. The molecule has 0 N–H and O–H groups in total. The van der Waals surface area contributed by atoms with Crippen LogP contribution in [-0.2, 0) is 10.8 Å². The van der Waals surface area contributed by atoms with Crippen LogP contribution in [0.2, 0.25) is 0 Å². The first-order valence-corrected chi connectivity index (χ1v) is 10.9. The first-order chi connectivity index (χ1) is 12.5. The number of hydrogen-bond donors (Lipinski definition) is 0. The van der Waals surface area contributed by atoms with Gasteiger partial charge in [-0.15, -0.1) is 0 Å². The average Bonchev–Trinajstić information content (AvgIpc) is 2.55. The van der Waals surface area contributed by atoms with Crippen LogP contribution in [-0.4, -0.2) is 13.2 Å². The monoisotopic (exact) mass is 496 g/mol. The van der Waals surface area contributed by atoms with E-state index in [0.29, 0.717) is 13.2 Å². The van der Waals surface area contributed by atoms with Crippen molar-refractivity contribution in [3.63, 3.8) is 0 Å². The van der Waals surface area contributed by atoms with Crippen LogP contribution < -0.4 is 9.47 Å².